The van der Waals surface area contributed by atoms with Gasteiger partial charge in [-0.15, -0.1) is 0 Å². The fraction of sp³-hybridized carbons (Fsp3) is 0.700. The van der Waals surface area contributed by atoms with Crippen LogP contribution in [0.3, 0.4) is 0 Å². The lowest BCUT2D eigenvalue weighted by Gasteiger charge is -2.10. The molecule has 0 amide bonds. The molecule has 0 atom stereocenters. The highest BCUT2D eigenvalue weighted by atomic mass is 32.2. The number of hydrogen-bond donors (Lipinski definition) is 3. The third-order valence-electron chi connectivity index (χ3n) is 3.15. The number of nitrogens with one attached hydrogen (secondary N) is 2. The molecular weight excluding hydrogens is 242 g/mol. The molecule has 96 valence electrons. The highest BCUT2D eigenvalue weighted by molar-refractivity contribution is 7.89. The maximum Gasteiger partial charge on any atom is 0.257 e. The maximum atomic E-state index is 11.9. The lowest BCUT2D eigenvalue weighted by atomic mass is 10.1. The van der Waals surface area contributed by atoms with E-state index in [1.807, 2.05) is 0 Å². The molecule has 2 rings (SSSR count). The maximum absolute atomic E-state index is 11.9. The molecule has 1 aliphatic rings. The van der Waals surface area contributed by atoms with Gasteiger partial charge in [0.15, 0.2) is 5.03 Å². The quantitative estimate of drug-likeness (QED) is 0.712. The van der Waals surface area contributed by atoms with Crippen LogP contribution in [0.2, 0.25) is 0 Å². The molecule has 0 spiro atoms. The van der Waals surface area contributed by atoms with Gasteiger partial charge in [-0.2, -0.15) is 5.10 Å². The fourth-order valence-electron chi connectivity index (χ4n) is 2.16. The summed E-state index contributed by atoms with van der Waals surface area (Å²) in [5, 5.41) is 15.0. The third-order valence-corrected chi connectivity index (χ3v) is 4.59. The van der Waals surface area contributed by atoms with Gasteiger partial charge in [-0.3, -0.25) is 5.10 Å². The Labute approximate surface area is 100 Å². The van der Waals surface area contributed by atoms with Crippen LogP contribution in [0.25, 0.3) is 0 Å². The van der Waals surface area contributed by atoms with Gasteiger partial charge in [0.05, 0.1) is 12.8 Å². The number of aliphatic hydroxyl groups is 1. The molecule has 6 nitrogen and oxygen atoms in total. The number of nitrogens with zero attached hydrogens (tertiary/aromatic N) is 1. The molecule has 1 heterocycles. The van der Waals surface area contributed by atoms with Crippen molar-refractivity contribution >= 4 is 10.0 Å². The second-order valence-corrected chi connectivity index (χ2v) is 6.09. The van der Waals surface area contributed by atoms with Crippen LogP contribution in [0.5, 0.6) is 0 Å². The van der Waals surface area contributed by atoms with Crippen molar-refractivity contribution in [3.05, 3.63) is 11.8 Å². The summed E-state index contributed by atoms with van der Waals surface area (Å²) >= 11 is 0. The van der Waals surface area contributed by atoms with Crippen molar-refractivity contribution in [3.63, 3.8) is 0 Å². The smallest absolute Gasteiger partial charge is 0.257 e. The highest BCUT2D eigenvalue weighted by Gasteiger charge is 2.23. The van der Waals surface area contributed by atoms with Gasteiger partial charge in [-0.05, 0) is 18.8 Å². The van der Waals surface area contributed by atoms with Crippen LogP contribution in [0, 0.1) is 5.92 Å². The van der Waals surface area contributed by atoms with Crippen molar-refractivity contribution in [1.29, 1.82) is 0 Å². The Morgan fingerprint density at radius 2 is 2.18 bits per heavy atom. The van der Waals surface area contributed by atoms with Gasteiger partial charge in [-0.1, -0.05) is 12.8 Å². The summed E-state index contributed by atoms with van der Waals surface area (Å²) in [6, 6.07) is 0. The van der Waals surface area contributed by atoms with E-state index in [4.69, 9.17) is 5.11 Å². The number of rotatable bonds is 5. The first kappa shape index (κ1) is 12.5. The number of aromatic amines is 1. The Bertz CT molecular complexity index is 463. The summed E-state index contributed by atoms with van der Waals surface area (Å²) in [6.07, 6.45) is 5.84. The molecule has 0 bridgehead atoms. The van der Waals surface area contributed by atoms with E-state index >= 15 is 0 Å². The van der Waals surface area contributed by atoms with E-state index < -0.39 is 10.0 Å². The fourth-order valence-corrected chi connectivity index (χ4v) is 3.39. The molecule has 1 fully saturated rings. The van der Waals surface area contributed by atoms with Gasteiger partial charge >= 0.3 is 0 Å². The van der Waals surface area contributed by atoms with E-state index in [1.165, 1.54) is 19.0 Å². The average molecular weight is 259 g/mol. The normalized spacial score (nSPS) is 17.7. The summed E-state index contributed by atoms with van der Waals surface area (Å²) in [5.74, 6) is 0.435. The minimum Gasteiger partial charge on any atom is -0.392 e. The van der Waals surface area contributed by atoms with Crippen molar-refractivity contribution in [1.82, 2.24) is 14.9 Å². The zero-order valence-electron chi connectivity index (χ0n) is 9.52. The van der Waals surface area contributed by atoms with E-state index in [-0.39, 0.29) is 11.6 Å². The van der Waals surface area contributed by atoms with Crippen LogP contribution < -0.4 is 4.72 Å². The Hall–Kier alpha value is -0.920. The first-order valence-corrected chi connectivity index (χ1v) is 7.24. The molecule has 3 N–H and O–H groups in total. The van der Waals surface area contributed by atoms with E-state index in [0.29, 0.717) is 18.0 Å². The number of hydrogen-bond acceptors (Lipinski definition) is 4. The Kier molecular flexibility index (Phi) is 3.80. The summed E-state index contributed by atoms with van der Waals surface area (Å²) in [6.45, 7) is 0.127. The first-order valence-electron chi connectivity index (χ1n) is 5.76. The monoisotopic (exact) mass is 259 g/mol. The topological polar surface area (TPSA) is 95.1 Å². The second kappa shape index (κ2) is 5.16. The number of aromatic nitrogens is 2. The second-order valence-electron chi connectivity index (χ2n) is 4.38. The van der Waals surface area contributed by atoms with E-state index in [1.54, 1.807) is 0 Å². The van der Waals surface area contributed by atoms with Crippen molar-refractivity contribution in [2.45, 2.75) is 37.3 Å². The van der Waals surface area contributed by atoms with E-state index in [2.05, 4.69) is 14.9 Å². The lowest BCUT2D eigenvalue weighted by molar-refractivity contribution is 0.278. The molecule has 1 aromatic rings. The predicted molar refractivity (Wildman–Crippen MR) is 61.7 cm³/mol. The molecule has 0 aliphatic heterocycles. The molecule has 17 heavy (non-hydrogen) atoms. The molecular formula is C10H17N3O3S. The van der Waals surface area contributed by atoms with Crippen molar-refractivity contribution < 1.29 is 13.5 Å². The van der Waals surface area contributed by atoms with Crippen LogP contribution in [0.1, 0.15) is 31.2 Å². The summed E-state index contributed by atoms with van der Waals surface area (Å²) < 4.78 is 26.4. The van der Waals surface area contributed by atoms with Crippen LogP contribution in [0.4, 0.5) is 0 Å². The zero-order valence-corrected chi connectivity index (χ0v) is 10.3. The predicted octanol–water partition coefficient (Wildman–Crippen LogP) is 0.370. The SMILES string of the molecule is O=S(=O)(NCC1CCCC1)c1[nH]ncc1CO. The Morgan fingerprint density at radius 1 is 1.47 bits per heavy atom. The molecule has 1 saturated carbocycles. The molecule has 0 saturated heterocycles. The third kappa shape index (κ3) is 2.85. The van der Waals surface area contributed by atoms with E-state index in [9.17, 15) is 8.42 Å². The van der Waals surface area contributed by atoms with Crippen LogP contribution in [0.15, 0.2) is 11.2 Å². The lowest BCUT2D eigenvalue weighted by Crippen LogP contribution is -2.29. The zero-order chi connectivity index (χ0) is 12.3. The number of aliphatic hydroxyl groups excluding tert-OH is 1. The first-order chi connectivity index (χ1) is 8.13. The Balaban J connectivity index is 2.03. The standard InChI is InChI=1S/C10H17N3O3S/c14-7-9-6-11-13-10(9)17(15,16)12-5-8-3-1-2-4-8/h6,8,12,14H,1-5,7H2,(H,11,13). The average Bonchev–Trinajstić information content (AvgIpc) is 2.97. The summed E-state index contributed by atoms with van der Waals surface area (Å²) in [5.41, 5.74) is 0.295. The van der Waals surface area contributed by atoms with Crippen molar-refractivity contribution in [3.8, 4) is 0 Å². The molecule has 0 unspecified atom stereocenters. The highest BCUT2D eigenvalue weighted by Crippen LogP contribution is 2.24. The van der Waals surface area contributed by atoms with E-state index in [0.717, 1.165) is 12.8 Å². The molecule has 1 aromatic heterocycles. The number of H-pyrrole nitrogens is 1. The van der Waals surface area contributed by atoms with Crippen LogP contribution in [-0.2, 0) is 16.6 Å². The number of sulfonamides is 1. The molecule has 0 aromatic carbocycles. The van der Waals surface area contributed by atoms with Gasteiger partial charge < -0.3 is 5.11 Å². The van der Waals surface area contributed by atoms with Crippen molar-refractivity contribution in [2.24, 2.45) is 5.92 Å². The van der Waals surface area contributed by atoms with Gasteiger partial charge in [0.2, 0.25) is 0 Å². The van der Waals surface area contributed by atoms with Gasteiger partial charge in [0.25, 0.3) is 10.0 Å². The molecule has 0 radical (unpaired) electrons. The molecule has 7 heteroatoms. The van der Waals surface area contributed by atoms with Crippen LogP contribution >= 0.6 is 0 Å². The molecule has 1 aliphatic carbocycles. The van der Waals surface area contributed by atoms with Gasteiger partial charge in [-0.25, -0.2) is 13.1 Å². The van der Waals surface area contributed by atoms with Gasteiger partial charge in [0.1, 0.15) is 0 Å². The van der Waals surface area contributed by atoms with Crippen LogP contribution in [-0.4, -0.2) is 30.3 Å². The van der Waals surface area contributed by atoms with Crippen molar-refractivity contribution in [2.75, 3.05) is 6.54 Å². The Morgan fingerprint density at radius 3 is 2.82 bits per heavy atom. The largest absolute Gasteiger partial charge is 0.392 e. The van der Waals surface area contributed by atoms with Gasteiger partial charge in [0, 0.05) is 12.1 Å². The summed E-state index contributed by atoms with van der Waals surface area (Å²) in [4.78, 5) is 0. The summed E-state index contributed by atoms with van der Waals surface area (Å²) in [7, 11) is -3.58. The minimum atomic E-state index is -3.58. The minimum absolute atomic E-state index is 0.0296.